The molecule has 0 saturated heterocycles. The molecule has 1 aromatic rings. The van der Waals surface area contributed by atoms with E-state index in [-0.39, 0.29) is 12.4 Å². The first-order valence-corrected chi connectivity index (χ1v) is 8.43. The summed E-state index contributed by atoms with van der Waals surface area (Å²) >= 11 is 0. The van der Waals surface area contributed by atoms with Crippen molar-refractivity contribution in [3.63, 3.8) is 0 Å². The number of carbonyl (C=O) groups is 1. The Labute approximate surface area is 136 Å². The van der Waals surface area contributed by atoms with Crippen LogP contribution in [0.25, 0.3) is 5.57 Å². The number of nitrogens with one attached hydrogen (secondary N) is 1. The molecule has 0 aliphatic carbocycles. The maximum Gasteiger partial charge on any atom is 0.422 e. The highest BCUT2D eigenvalue weighted by Gasteiger charge is 2.19. The van der Waals surface area contributed by atoms with Gasteiger partial charge >= 0.3 is 16.3 Å². The Balaban J connectivity index is 3.22. The molecule has 0 heterocycles. The minimum absolute atomic E-state index is 0.0652. The van der Waals surface area contributed by atoms with Gasteiger partial charge in [0.2, 0.25) is 0 Å². The molecular formula is C15H21N3O4S. The van der Waals surface area contributed by atoms with Gasteiger partial charge in [-0.15, -0.1) is 4.40 Å². The Morgan fingerprint density at radius 1 is 1.30 bits per heavy atom. The van der Waals surface area contributed by atoms with Gasteiger partial charge in [-0.25, -0.2) is 4.79 Å². The smallest absolute Gasteiger partial charge is 0.422 e. The zero-order chi connectivity index (χ0) is 17.5. The quantitative estimate of drug-likeness (QED) is 0.655. The van der Waals surface area contributed by atoms with E-state index in [0.29, 0.717) is 5.57 Å². The third kappa shape index (κ3) is 5.74. The number of allylic oxidation sites excluding steroid dienone is 1. The first kappa shape index (κ1) is 18.7. The van der Waals surface area contributed by atoms with Crippen LogP contribution in [0.15, 0.2) is 40.8 Å². The number of carbonyl (C=O) groups excluding carboxylic acids is 1. The number of rotatable bonds is 5. The lowest BCUT2D eigenvalue weighted by molar-refractivity contribution is 0.158. The third-order valence-corrected chi connectivity index (χ3v) is 3.57. The highest BCUT2D eigenvalue weighted by atomic mass is 32.2. The van der Waals surface area contributed by atoms with Crippen LogP contribution >= 0.6 is 0 Å². The lowest BCUT2D eigenvalue weighted by Crippen LogP contribution is -2.33. The predicted octanol–water partition coefficient (Wildman–Crippen LogP) is 2.04. The van der Waals surface area contributed by atoms with Crippen molar-refractivity contribution < 1.29 is 17.9 Å². The maximum atomic E-state index is 12.0. The number of hydrogen-bond acceptors (Lipinski definition) is 4. The van der Waals surface area contributed by atoms with Gasteiger partial charge in [0.05, 0.1) is 6.61 Å². The molecule has 1 N–H and O–H groups in total. The van der Waals surface area contributed by atoms with E-state index < -0.39 is 16.3 Å². The number of benzene rings is 1. The second-order valence-corrected chi connectivity index (χ2v) is 6.01. The summed E-state index contributed by atoms with van der Waals surface area (Å²) in [5.74, 6) is 0.204. The van der Waals surface area contributed by atoms with E-state index in [1.54, 1.807) is 43.6 Å². The second kappa shape index (κ2) is 8.33. The van der Waals surface area contributed by atoms with Crippen molar-refractivity contribution in [2.24, 2.45) is 4.40 Å². The molecule has 0 bridgehead atoms. The minimum atomic E-state index is -4.23. The Hall–Kier alpha value is -2.35. The molecule has 0 unspecified atom stereocenters. The van der Waals surface area contributed by atoms with Crippen molar-refractivity contribution in [2.45, 2.75) is 13.8 Å². The van der Waals surface area contributed by atoms with Crippen molar-refractivity contribution in [3.8, 4) is 0 Å². The van der Waals surface area contributed by atoms with E-state index in [1.807, 2.05) is 30.3 Å². The van der Waals surface area contributed by atoms with E-state index >= 15 is 0 Å². The second-order valence-electron chi connectivity index (χ2n) is 4.68. The van der Waals surface area contributed by atoms with Gasteiger partial charge in [-0.05, 0) is 19.4 Å². The van der Waals surface area contributed by atoms with Gasteiger partial charge in [-0.1, -0.05) is 36.4 Å². The number of hydrogen-bond donors (Lipinski definition) is 1. The summed E-state index contributed by atoms with van der Waals surface area (Å²) in [6.07, 6.45) is 0.699. The van der Waals surface area contributed by atoms with Crippen LogP contribution < -0.4 is 4.72 Å². The van der Waals surface area contributed by atoms with Gasteiger partial charge in [0, 0.05) is 19.7 Å². The molecule has 0 aromatic heterocycles. The first-order chi connectivity index (χ1) is 10.8. The zero-order valence-electron chi connectivity index (χ0n) is 13.6. The normalized spacial score (nSPS) is 12.7. The van der Waals surface area contributed by atoms with Crippen LogP contribution in [0.3, 0.4) is 0 Å². The molecular weight excluding hydrogens is 318 g/mol. The Kier molecular flexibility index (Phi) is 6.77. The van der Waals surface area contributed by atoms with Crippen LogP contribution in [-0.2, 0) is 14.9 Å². The third-order valence-electron chi connectivity index (χ3n) is 2.73. The molecule has 0 aliphatic rings. The van der Waals surface area contributed by atoms with Gasteiger partial charge in [0.1, 0.15) is 0 Å². The largest absolute Gasteiger partial charge is 0.449 e. The predicted molar refractivity (Wildman–Crippen MR) is 90.3 cm³/mol. The summed E-state index contributed by atoms with van der Waals surface area (Å²) in [4.78, 5) is 12.9. The molecule has 1 rings (SSSR count). The van der Waals surface area contributed by atoms with Crippen molar-refractivity contribution in [3.05, 3.63) is 42.0 Å². The van der Waals surface area contributed by atoms with Crippen LogP contribution in [0.4, 0.5) is 4.79 Å². The average molecular weight is 339 g/mol. The molecule has 8 heteroatoms. The Bertz CT molecular complexity index is 695. The molecule has 23 heavy (non-hydrogen) atoms. The van der Waals surface area contributed by atoms with Gasteiger partial charge in [-0.2, -0.15) is 13.1 Å². The summed E-state index contributed by atoms with van der Waals surface area (Å²) < 4.78 is 34.1. The fourth-order valence-corrected chi connectivity index (χ4v) is 2.62. The Morgan fingerprint density at radius 2 is 1.91 bits per heavy atom. The molecule has 0 saturated carbocycles. The Morgan fingerprint density at radius 3 is 2.39 bits per heavy atom. The summed E-state index contributed by atoms with van der Waals surface area (Å²) in [7, 11) is -0.886. The summed E-state index contributed by atoms with van der Waals surface area (Å²) in [5.41, 5.74) is 1.44. The molecule has 0 radical (unpaired) electrons. The molecule has 0 atom stereocenters. The van der Waals surface area contributed by atoms with Gasteiger partial charge in [0.25, 0.3) is 0 Å². The maximum absolute atomic E-state index is 12.0. The topological polar surface area (TPSA) is 88.1 Å². The molecule has 0 fully saturated rings. The molecule has 1 amide bonds. The van der Waals surface area contributed by atoms with E-state index in [2.05, 4.69) is 9.13 Å². The van der Waals surface area contributed by atoms with Crippen LogP contribution in [0.1, 0.15) is 19.4 Å². The number of likely N-dealkylation sites (N-methyl/N-ethyl adjacent to an activating group) is 1. The summed E-state index contributed by atoms with van der Waals surface area (Å²) in [6, 6.07) is 9.25. The van der Waals surface area contributed by atoms with Crippen molar-refractivity contribution in [2.75, 3.05) is 20.7 Å². The highest BCUT2D eigenvalue weighted by molar-refractivity contribution is 7.88. The first-order valence-electron chi connectivity index (χ1n) is 6.99. The van der Waals surface area contributed by atoms with Gasteiger partial charge in [0.15, 0.2) is 5.84 Å². The number of amidine groups is 1. The van der Waals surface area contributed by atoms with Crippen LogP contribution in [-0.4, -0.2) is 45.9 Å². The molecule has 7 nitrogen and oxygen atoms in total. The van der Waals surface area contributed by atoms with Gasteiger partial charge < -0.3 is 9.64 Å². The lowest BCUT2D eigenvalue weighted by atomic mass is 10.0. The van der Waals surface area contributed by atoms with Crippen LogP contribution in [0.2, 0.25) is 0 Å². The average Bonchev–Trinajstić information content (AvgIpc) is 2.47. The fraction of sp³-hybridized carbons (Fsp3) is 0.333. The van der Waals surface area contributed by atoms with E-state index in [9.17, 15) is 13.2 Å². The van der Waals surface area contributed by atoms with E-state index in [1.165, 1.54) is 0 Å². The van der Waals surface area contributed by atoms with E-state index in [0.717, 1.165) is 5.56 Å². The molecule has 0 spiro atoms. The summed E-state index contributed by atoms with van der Waals surface area (Å²) in [6.45, 7) is 3.43. The fourth-order valence-electron chi connectivity index (χ4n) is 1.82. The number of nitrogens with zero attached hydrogens (tertiary/aromatic N) is 2. The molecule has 126 valence electrons. The van der Waals surface area contributed by atoms with Crippen molar-refractivity contribution in [1.82, 2.24) is 9.62 Å². The lowest BCUT2D eigenvalue weighted by Gasteiger charge is -2.18. The zero-order valence-corrected chi connectivity index (χ0v) is 14.4. The molecule has 0 aliphatic heterocycles. The number of ether oxygens (including phenoxy) is 1. The van der Waals surface area contributed by atoms with Crippen molar-refractivity contribution in [1.29, 1.82) is 0 Å². The standard InChI is InChI=1S/C15H21N3O4S/c1-5-13(12-10-8-7-9-11-12)14(18(3)4)16-23(20,21)17-15(19)22-6-2/h5,7-11H,6H2,1-4H3,(H,17,19)/b13-5+,16-14-. The SMILES string of the molecule is C/C=C(/C(=N/S(=O)(=O)NC(=O)OCC)N(C)C)c1ccccc1. The minimum Gasteiger partial charge on any atom is -0.449 e. The van der Waals surface area contributed by atoms with Crippen LogP contribution in [0, 0.1) is 0 Å². The molecule has 1 aromatic carbocycles. The summed E-state index contributed by atoms with van der Waals surface area (Å²) in [5, 5.41) is 0. The number of amides is 1. The van der Waals surface area contributed by atoms with Crippen molar-refractivity contribution >= 4 is 27.7 Å². The van der Waals surface area contributed by atoms with Gasteiger partial charge in [-0.3, -0.25) is 0 Å². The van der Waals surface area contributed by atoms with Crippen LogP contribution in [0.5, 0.6) is 0 Å². The van der Waals surface area contributed by atoms with E-state index in [4.69, 9.17) is 0 Å². The monoisotopic (exact) mass is 339 g/mol. The highest BCUT2D eigenvalue weighted by Crippen LogP contribution is 2.18.